The lowest BCUT2D eigenvalue weighted by atomic mass is 10.2. The Morgan fingerprint density at radius 2 is 1.78 bits per heavy atom. The van der Waals surface area contributed by atoms with Crippen LogP contribution in [0.25, 0.3) is 0 Å². The maximum absolute atomic E-state index is 12.4. The molecule has 1 rings (SSSR count). The largest absolute Gasteiger partial charge is 0.428 e. The van der Waals surface area contributed by atoms with E-state index in [1.54, 1.807) is 30.3 Å². The van der Waals surface area contributed by atoms with E-state index in [0.717, 1.165) is 0 Å². The van der Waals surface area contributed by atoms with E-state index in [0.29, 0.717) is 17.5 Å². The summed E-state index contributed by atoms with van der Waals surface area (Å²) in [6.45, 7) is 3.60. The molecule has 0 spiro atoms. The summed E-state index contributed by atoms with van der Waals surface area (Å²) in [5.74, 6) is -1.51. The molecule has 8 nitrogen and oxygen atoms in total. The van der Waals surface area contributed by atoms with Gasteiger partial charge in [0.2, 0.25) is 12.7 Å². The van der Waals surface area contributed by atoms with Gasteiger partial charge in [-0.15, -0.1) is 0 Å². The highest BCUT2D eigenvalue weighted by molar-refractivity contribution is 8.15. The highest BCUT2D eigenvalue weighted by atomic mass is 32.2. The third-order valence-corrected chi connectivity index (χ3v) is 4.40. The maximum Gasteiger partial charge on any atom is 0.371 e. The van der Waals surface area contributed by atoms with Gasteiger partial charge in [-0.05, 0) is 37.7 Å². The van der Waals surface area contributed by atoms with Crippen LogP contribution in [0.3, 0.4) is 0 Å². The zero-order valence-corrected chi connectivity index (χ0v) is 16.8. The Bertz CT molecular complexity index is 679. The van der Waals surface area contributed by atoms with Crippen LogP contribution in [-0.2, 0) is 23.9 Å². The van der Waals surface area contributed by atoms with Gasteiger partial charge in [0.05, 0.1) is 4.75 Å². The lowest BCUT2D eigenvalue weighted by molar-refractivity contribution is -0.148. The summed E-state index contributed by atoms with van der Waals surface area (Å²) in [4.78, 5) is 47.0. The van der Waals surface area contributed by atoms with Crippen molar-refractivity contribution in [3.8, 4) is 5.75 Å². The SMILES string of the molecule is CC(=O)OCOC(=O)SC(C)(C)C(=O)N[C@@H](CS)C(=O)Oc1ccccc1. The van der Waals surface area contributed by atoms with Gasteiger partial charge in [0.1, 0.15) is 11.8 Å². The minimum atomic E-state index is -1.25. The zero-order valence-electron chi connectivity index (χ0n) is 15.1. The Labute approximate surface area is 166 Å². The van der Waals surface area contributed by atoms with E-state index >= 15 is 0 Å². The van der Waals surface area contributed by atoms with Gasteiger partial charge >= 0.3 is 17.2 Å². The number of rotatable bonds is 8. The van der Waals surface area contributed by atoms with Crippen molar-refractivity contribution in [3.63, 3.8) is 0 Å². The lowest BCUT2D eigenvalue weighted by Crippen LogP contribution is -2.50. The van der Waals surface area contributed by atoms with Gasteiger partial charge in [0, 0.05) is 12.7 Å². The molecule has 1 N–H and O–H groups in total. The molecule has 0 heterocycles. The van der Waals surface area contributed by atoms with Crippen LogP contribution in [0, 0.1) is 0 Å². The van der Waals surface area contributed by atoms with Crippen molar-refractivity contribution < 1.29 is 33.4 Å². The summed E-state index contributed by atoms with van der Waals surface area (Å²) in [7, 11) is 0. The fourth-order valence-corrected chi connectivity index (χ4v) is 2.55. The minimum absolute atomic E-state index is 0.00898. The molecular formula is C17H21NO7S2. The third-order valence-electron chi connectivity index (χ3n) is 3.06. The molecule has 27 heavy (non-hydrogen) atoms. The van der Waals surface area contributed by atoms with Crippen LogP contribution >= 0.6 is 24.4 Å². The first-order chi connectivity index (χ1) is 12.7. The summed E-state index contributed by atoms with van der Waals surface area (Å²) < 4.78 is 13.1. The molecule has 10 heteroatoms. The molecule has 148 valence electrons. The smallest absolute Gasteiger partial charge is 0.371 e. The molecule has 0 fully saturated rings. The summed E-state index contributed by atoms with van der Waals surface area (Å²) in [6.07, 6.45) is 0. The highest BCUT2D eigenvalue weighted by Crippen LogP contribution is 2.26. The van der Waals surface area contributed by atoms with E-state index in [-0.39, 0.29) is 5.75 Å². The van der Waals surface area contributed by atoms with Gasteiger partial charge in [-0.1, -0.05) is 18.2 Å². The number of esters is 2. The normalized spacial score (nSPS) is 11.9. The first kappa shape index (κ1) is 22.8. The molecule has 0 unspecified atom stereocenters. The number of ether oxygens (including phenoxy) is 3. The monoisotopic (exact) mass is 415 g/mol. The average Bonchev–Trinajstić information content (AvgIpc) is 2.59. The predicted octanol–water partition coefficient (Wildman–Crippen LogP) is 2.18. The van der Waals surface area contributed by atoms with Crippen molar-refractivity contribution in [2.45, 2.75) is 31.6 Å². The number of benzene rings is 1. The van der Waals surface area contributed by atoms with E-state index in [4.69, 9.17) is 9.47 Å². The summed E-state index contributed by atoms with van der Waals surface area (Å²) in [5, 5.41) is 1.70. The zero-order chi connectivity index (χ0) is 20.4. The molecule has 0 aliphatic rings. The van der Waals surface area contributed by atoms with Crippen LogP contribution in [0.1, 0.15) is 20.8 Å². The van der Waals surface area contributed by atoms with Crippen LogP contribution in [0.5, 0.6) is 5.75 Å². The molecule has 0 saturated heterocycles. The number of carbonyl (C=O) groups excluding carboxylic acids is 4. The van der Waals surface area contributed by atoms with Crippen molar-refractivity contribution >= 4 is 47.5 Å². The molecule has 1 atom stereocenters. The molecule has 0 radical (unpaired) electrons. The van der Waals surface area contributed by atoms with Crippen LogP contribution < -0.4 is 10.1 Å². The fraction of sp³-hybridized carbons (Fsp3) is 0.412. The molecule has 1 aromatic rings. The predicted molar refractivity (Wildman–Crippen MR) is 103 cm³/mol. The second-order valence-electron chi connectivity index (χ2n) is 5.70. The molecular weight excluding hydrogens is 394 g/mol. The Morgan fingerprint density at radius 3 is 2.33 bits per heavy atom. The first-order valence-corrected chi connectivity index (χ1v) is 9.28. The number of thiol groups is 1. The number of amides is 1. The van der Waals surface area contributed by atoms with Crippen LogP contribution in [0.4, 0.5) is 4.79 Å². The van der Waals surface area contributed by atoms with Crippen molar-refractivity contribution in [2.24, 2.45) is 0 Å². The standard InChI is InChI=1S/C17H21NO7S2/c1-11(19)23-10-24-16(22)27-17(2,3)15(21)18-13(9-26)14(20)25-12-7-5-4-6-8-12/h4-8,13,26H,9-10H2,1-3H3,(H,18,21)/t13-/m0/s1. The van der Waals surface area contributed by atoms with Gasteiger partial charge < -0.3 is 19.5 Å². The summed E-state index contributed by atoms with van der Waals surface area (Å²) in [6, 6.07) is 7.40. The lowest BCUT2D eigenvalue weighted by Gasteiger charge is -2.24. The molecule has 0 aliphatic carbocycles. The number of para-hydroxylation sites is 1. The Morgan fingerprint density at radius 1 is 1.15 bits per heavy atom. The van der Waals surface area contributed by atoms with E-state index in [9.17, 15) is 19.2 Å². The van der Waals surface area contributed by atoms with E-state index in [1.165, 1.54) is 20.8 Å². The Hall–Kier alpha value is -2.20. The topological polar surface area (TPSA) is 108 Å². The first-order valence-electron chi connectivity index (χ1n) is 7.83. The van der Waals surface area contributed by atoms with Gasteiger partial charge in [0.15, 0.2) is 0 Å². The van der Waals surface area contributed by atoms with E-state index < -0.39 is 40.7 Å². The van der Waals surface area contributed by atoms with E-state index in [2.05, 4.69) is 22.7 Å². The summed E-state index contributed by atoms with van der Waals surface area (Å²) >= 11 is 4.65. The van der Waals surface area contributed by atoms with Gasteiger partial charge in [-0.25, -0.2) is 9.59 Å². The van der Waals surface area contributed by atoms with Crippen LogP contribution in [0.2, 0.25) is 0 Å². The minimum Gasteiger partial charge on any atom is -0.428 e. The highest BCUT2D eigenvalue weighted by Gasteiger charge is 2.35. The number of hydrogen-bond acceptors (Lipinski definition) is 9. The van der Waals surface area contributed by atoms with Gasteiger partial charge in [-0.2, -0.15) is 12.6 Å². The molecule has 1 amide bonds. The molecule has 1 aromatic carbocycles. The quantitative estimate of drug-likeness (QED) is 0.288. The average molecular weight is 415 g/mol. The van der Waals surface area contributed by atoms with E-state index in [1.807, 2.05) is 0 Å². The molecule has 0 saturated carbocycles. The van der Waals surface area contributed by atoms with Crippen molar-refractivity contribution in [1.82, 2.24) is 5.32 Å². The number of hydrogen-bond donors (Lipinski definition) is 2. The molecule has 0 bridgehead atoms. The fourth-order valence-electron chi connectivity index (χ4n) is 1.63. The second kappa shape index (κ2) is 10.8. The summed E-state index contributed by atoms with van der Waals surface area (Å²) in [5.41, 5.74) is 0. The van der Waals surface area contributed by atoms with Crippen molar-refractivity contribution in [2.75, 3.05) is 12.5 Å². The Kier molecular flexibility index (Phi) is 9.16. The molecule has 0 aliphatic heterocycles. The number of nitrogens with one attached hydrogen (secondary N) is 1. The van der Waals surface area contributed by atoms with Crippen LogP contribution in [-0.4, -0.2) is 46.5 Å². The van der Waals surface area contributed by atoms with Crippen molar-refractivity contribution in [1.29, 1.82) is 0 Å². The third kappa shape index (κ3) is 8.35. The molecule has 0 aromatic heterocycles. The van der Waals surface area contributed by atoms with Gasteiger partial charge in [-0.3, -0.25) is 9.59 Å². The maximum atomic E-state index is 12.4. The number of thioether (sulfide) groups is 1. The Balaban J connectivity index is 2.60. The number of carbonyl (C=O) groups is 4. The second-order valence-corrected chi connectivity index (χ2v) is 7.63. The van der Waals surface area contributed by atoms with Crippen LogP contribution in [0.15, 0.2) is 30.3 Å². The van der Waals surface area contributed by atoms with Gasteiger partial charge in [0.25, 0.3) is 0 Å². The van der Waals surface area contributed by atoms with Crippen molar-refractivity contribution in [3.05, 3.63) is 30.3 Å².